The molecule has 2 heterocycles. The molecular formula is C19H22N2. The Balaban J connectivity index is 1.61. The minimum atomic E-state index is 0.632. The summed E-state index contributed by atoms with van der Waals surface area (Å²) in [6, 6.07) is 13.3. The molecule has 2 aromatic rings. The van der Waals surface area contributed by atoms with Crippen molar-refractivity contribution >= 4 is 0 Å². The predicted molar refractivity (Wildman–Crippen MR) is 85.4 cm³/mol. The lowest BCUT2D eigenvalue weighted by Crippen LogP contribution is -2.29. The quantitative estimate of drug-likeness (QED) is 0.904. The van der Waals surface area contributed by atoms with Crippen LogP contribution < -0.4 is 5.32 Å². The van der Waals surface area contributed by atoms with Gasteiger partial charge in [-0.05, 0) is 54.4 Å². The summed E-state index contributed by atoms with van der Waals surface area (Å²) in [4.78, 5) is 4.70. The molecule has 0 bridgehead atoms. The second-order valence-electron chi connectivity index (χ2n) is 6.40. The Hall–Kier alpha value is -1.67. The molecule has 1 aromatic heterocycles. The summed E-state index contributed by atoms with van der Waals surface area (Å²) in [5, 5.41) is 3.58. The summed E-state index contributed by atoms with van der Waals surface area (Å²) in [5.41, 5.74) is 5.88. The molecule has 108 valence electrons. The van der Waals surface area contributed by atoms with Gasteiger partial charge in [-0.25, -0.2) is 0 Å². The van der Waals surface area contributed by atoms with Crippen molar-refractivity contribution in [2.75, 3.05) is 6.54 Å². The fourth-order valence-corrected chi connectivity index (χ4v) is 4.07. The van der Waals surface area contributed by atoms with Gasteiger partial charge in [0.15, 0.2) is 0 Å². The summed E-state index contributed by atoms with van der Waals surface area (Å²) in [6.07, 6.45) is 7.01. The van der Waals surface area contributed by atoms with Crippen molar-refractivity contribution in [3.05, 3.63) is 65.0 Å². The molecule has 0 spiro atoms. The van der Waals surface area contributed by atoms with E-state index < -0.39 is 0 Å². The van der Waals surface area contributed by atoms with Gasteiger partial charge in [0.1, 0.15) is 0 Å². The number of aromatic nitrogens is 1. The number of benzene rings is 1. The van der Waals surface area contributed by atoms with E-state index in [-0.39, 0.29) is 0 Å². The first-order valence-corrected chi connectivity index (χ1v) is 8.14. The summed E-state index contributed by atoms with van der Waals surface area (Å²) in [5.74, 6) is 1.26. The zero-order valence-electron chi connectivity index (χ0n) is 12.4. The Labute approximate surface area is 126 Å². The molecular weight excluding hydrogens is 256 g/mol. The number of hydrogen-bond acceptors (Lipinski definition) is 2. The Morgan fingerprint density at radius 3 is 2.95 bits per heavy atom. The van der Waals surface area contributed by atoms with Gasteiger partial charge in [-0.1, -0.05) is 30.3 Å². The summed E-state index contributed by atoms with van der Waals surface area (Å²) in [6.45, 7) is 2.13. The number of aryl methyl sites for hydroxylation is 1. The van der Waals surface area contributed by atoms with Crippen LogP contribution in [-0.2, 0) is 13.0 Å². The first-order chi connectivity index (χ1) is 10.4. The lowest BCUT2D eigenvalue weighted by molar-refractivity contribution is 0.428. The molecule has 1 aromatic carbocycles. The van der Waals surface area contributed by atoms with Gasteiger partial charge < -0.3 is 5.32 Å². The lowest BCUT2D eigenvalue weighted by atomic mass is 9.77. The zero-order valence-corrected chi connectivity index (χ0v) is 12.4. The monoisotopic (exact) mass is 278 g/mol. The molecule has 0 fully saturated rings. The number of nitrogens with zero attached hydrogens (tertiary/aromatic N) is 1. The number of hydrogen-bond donors (Lipinski definition) is 1. The maximum atomic E-state index is 4.70. The van der Waals surface area contributed by atoms with E-state index in [9.17, 15) is 0 Å². The van der Waals surface area contributed by atoms with E-state index >= 15 is 0 Å². The molecule has 2 unspecified atom stereocenters. The van der Waals surface area contributed by atoms with Crippen molar-refractivity contribution in [2.45, 2.75) is 44.1 Å². The molecule has 21 heavy (non-hydrogen) atoms. The number of nitrogens with one attached hydrogen (secondary N) is 1. The normalized spacial score (nSPS) is 24.2. The van der Waals surface area contributed by atoms with E-state index in [1.807, 2.05) is 6.20 Å². The van der Waals surface area contributed by atoms with Gasteiger partial charge in [-0.15, -0.1) is 0 Å². The molecule has 0 saturated heterocycles. The fourth-order valence-electron chi connectivity index (χ4n) is 4.07. The number of rotatable bonds is 2. The van der Waals surface area contributed by atoms with E-state index in [0.717, 1.165) is 13.1 Å². The van der Waals surface area contributed by atoms with Gasteiger partial charge in [0.2, 0.25) is 0 Å². The zero-order chi connectivity index (χ0) is 14.1. The minimum absolute atomic E-state index is 0.632. The maximum Gasteiger partial charge on any atom is 0.0466 e. The van der Waals surface area contributed by atoms with Crippen LogP contribution in [0.5, 0.6) is 0 Å². The van der Waals surface area contributed by atoms with Crippen LogP contribution in [-0.4, -0.2) is 11.5 Å². The van der Waals surface area contributed by atoms with Gasteiger partial charge in [-0.3, -0.25) is 4.98 Å². The van der Waals surface area contributed by atoms with Crippen LogP contribution in [0.25, 0.3) is 0 Å². The Kier molecular flexibility index (Phi) is 3.48. The molecule has 2 atom stereocenters. The van der Waals surface area contributed by atoms with Gasteiger partial charge >= 0.3 is 0 Å². The third-order valence-corrected chi connectivity index (χ3v) is 5.08. The Morgan fingerprint density at radius 2 is 1.95 bits per heavy atom. The van der Waals surface area contributed by atoms with E-state index in [4.69, 9.17) is 4.98 Å². The molecule has 0 saturated carbocycles. The molecule has 1 aliphatic carbocycles. The highest BCUT2D eigenvalue weighted by Crippen LogP contribution is 2.38. The van der Waals surface area contributed by atoms with Crippen LogP contribution >= 0.6 is 0 Å². The second-order valence-corrected chi connectivity index (χ2v) is 6.40. The molecule has 0 radical (unpaired) electrons. The third-order valence-electron chi connectivity index (χ3n) is 5.08. The fraction of sp³-hybridized carbons (Fsp3) is 0.421. The first kappa shape index (κ1) is 13.0. The summed E-state index contributed by atoms with van der Waals surface area (Å²) >= 11 is 0. The maximum absolute atomic E-state index is 4.70. The number of fused-ring (bicyclic) bond motifs is 2. The predicted octanol–water partition coefficient (Wildman–Crippen LogP) is 3.78. The SMILES string of the molecule is c1ccc2c(c1)CNCC2CC1CCCc2cccnc21. The largest absolute Gasteiger partial charge is 0.312 e. The van der Waals surface area contributed by atoms with Crippen LogP contribution in [0.1, 0.15) is 53.5 Å². The Bertz CT molecular complexity index is 579. The van der Waals surface area contributed by atoms with Gasteiger partial charge in [0, 0.05) is 30.9 Å². The van der Waals surface area contributed by atoms with Crippen molar-refractivity contribution in [3.8, 4) is 0 Å². The molecule has 2 heteroatoms. The highest BCUT2D eigenvalue weighted by atomic mass is 14.9. The van der Waals surface area contributed by atoms with Crippen molar-refractivity contribution < 1.29 is 0 Å². The van der Waals surface area contributed by atoms with E-state index in [2.05, 4.69) is 41.7 Å². The van der Waals surface area contributed by atoms with Crippen LogP contribution in [0, 0.1) is 0 Å². The highest BCUT2D eigenvalue weighted by molar-refractivity contribution is 5.34. The van der Waals surface area contributed by atoms with Gasteiger partial charge in [0.25, 0.3) is 0 Å². The molecule has 1 aliphatic heterocycles. The van der Waals surface area contributed by atoms with E-state index in [1.165, 1.54) is 42.5 Å². The van der Waals surface area contributed by atoms with Crippen molar-refractivity contribution in [2.24, 2.45) is 0 Å². The molecule has 2 nitrogen and oxygen atoms in total. The average Bonchev–Trinajstić information content (AvgIpc) is 2.56. The van der Waals surface area contributed by atoms with Crippen molar-refractivity contribution in [1.29, 1.82) is 0 Å². The summed E-state index contributed by atoms with van der Waals surface area (Å²) in [7, 11) is 0. The van der Waals surface area contributed by atoms with Crippen molar-refractivity contribution in [3.63, 3.8) is 0 Å². The summed E-state index contributed by atoms with van der Waals surface area (Å²) < 4.78 is 0. The Morgan fingerprint density at radius 1 is 1.05 bits per heavy atom. The second kappa shape index (κ2) is 5.61. The van der Waals surface area contributed by atoms with E-state index in [1.54, 1.807) is 5.56 Å². The third kappa shape index (κ3) is 2.49. The lowest BCUT2D eigenvalue weighted by Gasteiger charge is -2.31. The van der Waals surface area contributed by atoms with E-state index in [0.29, 0.717) is 11.8 Å². The average molecular weight is 278 g/mol. The molecule has 0 amide bonds. The van der Waals surface area contributed by atoms with Crippen molar-refractivity contribution in [1.82, 2.24) is 10.3 Å². The smallest absolute Gasteiger partial charge is 0.0466 e. The molecule has 1 N–H and O–H groups in total. The van der Waals surface area contributed by atoms with Crippen LogP contribution in [0.2, 0.25) is 0 Å². The molecule has 2 aliphatic rings. The number of pyridine rings is 1. The highest BCUT2D eigenvalue weighted by Gasteiger charge is 2.27. The van der Waals surface area contributed by atoms with Crippen LogP contribution in [0.15, 0.2) is 42.6 Å². The molecule has 4 rings (SSSR count). The topological polar surface area (TPSA) is 24.9 Å². The van der Waals surface area contributed by atoms with Crippen LogP contribution in [0.3, 0.4) is 0 Å². The van der Waals surface area contributed by atoms with Gasteiger partial charge in [-0.2, -0.15) is 0 Å². The van der Waals surface area contributed by atoms with Gasteiger partial charge in [0.05, 0.1) is 0 Å². The standard InChI is InChI=1S/C19H22N2/c1-2-9-18-16(5-1)12-20-13-17(18)11-15-7-3-6-14-8-4-10-21-19(14)15/h1-2,4-5,8-10,15,17,20H,3,6-7,11-13H2. The van der Waals surface area contributed by atoms with Crippen LogP contribution in [0.4, 0.5) is 0 Å². The first-order valence-electron chi connectivity index (χ1n) is 8.14. The minimum Gasteiger partial charge on any atom is -0.312 e.